The number of likely N-dealkylation sites (tertiary alicyclic amines) is 1. The summed E-state index contributed by atoms with van der Waals surface area (Å²) in [5.41, 5.74) is 0. The van der Waals surface area contributed by atoms with Crippen molar-refractivity contribution in [2.75, 3.05) is 19.6 Å². The molecule has 3 fully saturated rings. The SMILES string of the molecule is CC(NC(=O)CN1CCC[C@H](O)C1)C1CC2CCC1C2. The third kappa shape index (κ3) is 3.17. The van der Waals surface area contributed by atoms with E-state index in [0.717, 1.165) is 31.2 Å². The van der Waals surface area contributed by atoms with Gasteiger partial charge >= 0.3 is 0 Å². The number of fused-ring (bicyclic) bond motifs is 2. The summed E-state index contributed by atoms with van der Waals surface area (Å²) in [7, 11) is 0. The molecule has 1 heterocycles. The molecule has 114 valence electrons. The van der Waals surface area contributed by atoms with Crippen molar-refractivity contribution in [1.29, 1.82) is 0 Å². The van der Waals surface area contributed by atoms with Crippen molar-refractivity contribution in [2.45, 2.75) is 57.6 Å². The maximum Gasteiger partial charge on any atom is 0.234 e. The zero-order chi connectivity index (χ0) is 14.1. The maximum atomic E-state index is 12.2. The van der Waals surface area contributed by atoms with Crippen LogP contribution in [0.25, 0.3) is 0 Å². The van der Waals surface area contributed by atoms with Gasteiger partial charge in [0.15, 0.2) is 0 Å². The average molecular weight is 280 g/mol. The van der Waals surface area contributed by atoms with E-state index < -0.39 is 0 Å². The minimum Gasteiger partial charge on any atom is -0.392 e. The number of nitrogens with one attached hydrogen (secondary N) is 1. The van der Waals surface area contributed by atoms with Gasteiger partial charge in [-0.3, -0.25) is 9.69 Å². The molecule has 1 amide bonds. The average Bonchev–Trinajstić information content (AvgIpc) is 3.00. The van der Waals surface area contributed by atoms with Gasteiger partial charge in [-0.1, -0.05) is 6.42 Å². The molecule has 3 rings (SSSR count). The van der Waals surface area contributed by atoms with Crippen LogP contribution in [0.2, 0.25) is 0 Å². The Bertz CT molecular complexity index is 360. The van der Waals surface area contributed by atoms with Crippen LogP contribution in [0.15, 0.2) is 0 Å². The number of nitrogens with zero attached hydrogens (tertiary/aromatic N) is 1. The van der Waals surface area contributed by atoms with Crippen molar-refractivity contribution in [3.8, 4) is 0 Å². The molecular weight excluding hydrogens is 252 g/mol. The highest BCUT2D eigenvalue weighted by Gasteiger charge is 2.42. The van der Waals surface area contributed by atoms with Crippen molar-refractivity contribution >= 4 is 5.91 Å². The van der Waals surface area contributed by atoms with Gasteiger partial charge in [0.25, 0.3) is 0 Å². The highest BCUT2D eigenvalue weighted by molar-refractivity contribution is 5.78. The van der Waals surface area contributed by atoms with Crippen LogP contribution in [0.3, 0.4) is 0 Å². The number of carbonyl (C=O) groups excluding carboxylic acids is 1. The zero-order valence-corrected chi connectivity index (χ0v) is 12.6. The number of aliphatic hydroxyl groups excluding tert-OH is 1. The summed E-state index contributed by atoms with van der Waals surface area (Å²) in [6, 6.07) is 0.313. The second-order valence-electron chi connectivity index (χ2n) is 7.23. The summed E-state index contributed by atoms with van der Waals surface area (Å²) < 4.78 is 0. The third-order valence-corrected chi connectivity index (χ3v) is 5.67. The monoisotopic (exact) mass is 280 g/mol. The Labute approximate surface area is 121 Å². The number of β-amino-alcohol motifs (C(OH)–C–C–N with tert-alkyl or cyclic N) is 1. The minimum atomic E-state index is -0.250. The molecule has 2 N–H and O–H groups in total. The quantitative estimate of drug-likeness (QED) is 0.818. The van der Waals surface area contributed by atoms with E-state index in [1.165, 1.54) is 25.7 Å². The van der Waals surface area contributed by atoms with Crippen molar-refractivity contribution in [1.82, 2.24) is 10.2 Å². The number of aliphatic hydroxyl groups is 1. The van der Waals surface area contributed by atoms with E-state index in [-0.39, 0.29) is 12.0 Å². The standard InChI is InChI=1S/C16H28N2O2/c1-11(15-8-12-4-5-13(15)7-12)17-16(20)10-18-6-2-3-14(19)9-18/h11-15,19H,2-10H2,1H3,(H,17,20)/t11?,12?,13?,14-,15?/m0/s1. The van der Waals surface area contributed by atoms with Crippen molar-refractivity contribution in [2.24, 2.45) is 17.8 Å². The first-order chi connectivity index (χ1) is 9.61. The van der Waals surface area contributed by atoms with Crippen LogP contribution in [-0.4, -0.2) is 47.7 Å². The maximum absolute atomic E-state index is 12.2. The second-order valence-corrected chi connectivity index (χ2v) is 7.23. The second kappa shape index (κ2) is 6.02. The van der Waals surface area contributed by atoms with Crippen molar-refractivity contribution < 1.29 is 9.90 Å². The summed E-state index contributed by atoms with van der Waals surface area (Å²) in [4.78, 5) is 14.2. The summed E-state index contributed by atoms with van der Waals surface area (Å²) in [5.74, 6) is 2.62. The van der Waals surface area contributed by atoms with Crippen LogP contribution in [0.4, 0.5) is 0 Å². The molecule has 1 aliphatic heterocycles. The smallest absolute Gasteiger partial charge is 0.234 e. The molecule has 3 aliphatic rings. The fourth-order valence-electron chi connectivity index (χ4n) is 4.69. The normalized spacial score (nSPS) is 38.9. The molecule has 2 aliphatic carbocycles. The van der Waals surface area contributed by atoms with Gasteiger partial charge in [-0.25, -0.2) is 0 Å². The lowest BCUT2D eigenvalue weighted by atomic mass is 9.84. The van der Waals surface area contributed by atoms with Gasteiger partial charge < -0.3 is 10.4 Å². The molecule has 2 bridgehead atoms. The Kier molecular flexibility index (Phi) is 4.32. The van der Waals surface area contributed by atoms with E-state index in [4.69, 9.17) is 0 Å². The molecular formula is C16H28N2O2. The number of carbonyl (C=O) groups is 1. The summed E-state index contributed by atoms with van der Waals surface area (Å²) in [6.45, 7) is 4.21. The summed E-state index contributed by atoms with van der Waals surface area (Å²) in [5, 5.41) is 12.9. The third-order valence-electron chi connectivity index (χ3n) is 5.67. The van der Waals surface area contributed by atoms with E-state index in [1.54, 1.807) is 0 Å². The summed E-state index contributed by atoms with van der Waals surface area (Å²) >= 11 is 0. The van der Waals surface area contributed by atoms with Gasteiger partial charge in [0, 0.05) is 12.6 Å². The Morgan fingerprint density at radius 2 is 2.20 bits per heavy atom. The lowest BCUT2D eigenvalue weighted by Gasteiger charge is -2.31. The lowest BCUT2D eigenvalue weighted by molar-refractivity contribution is -0.124. The highest BCUT2D eigenvalue weighted by Crippen LogP contribution is 2.49. The Hall–Kier alpha value is -0.610. The van der Waals surface area contributed by atoms with Gasteiger partial charge in [-0.05, 0) is 63.3 Å². The molecule has 0 aromatic carbocycles. The van der Waals surface area contributed by atoms with E-state index in [1.807, 2.05) is 0 Å². The molecule has 1 saturated heterocycles. The zero-order valence-electron chi connectivity index (χ0n) is 12.6. The van der Waals surface area contributed by atoms with E-state index in [9.17, 15) is 9.90 Å². The number of hydrogen-bond acceptors (Lipinski definition) is 3. The van der Waals surface area contributed by atoms with Crippen LogP contribution < -0.4 is 5.32 Å². The number of piperidine rings is 1. The van der Waals surface area contributed by atoms with Crippen molar-refractivity contribution in [3.63, 3.8) is 0 Å². The first kappa shape index (κ1) is 14.3. The van der Waals surface area contributed by atoms with Gasteiger partial charge in [0.05, 0.1) is 12.6 Å². The number of rotatable bonds is 4. The van der Waals surface area contributed by atoms with E-state index >= 15 is 0 Å². The lowest BCUT2D eigenvalue weighted by Crippen LogP contribution is -2.47. The Morgan fingerprint density at radius 1 is 1.35 bits per heavy atom. The largest absolute Gasteiger partial charge is 0.392 e. The highest BCUT2D eigenvalue weighted by atomic mass is 16.3. The predicted octanol–water partition coefficient (Wildman–Crippen LogP) is 1.38. The van der Waals surface area contributed by atoms with Crippen LogP contribution in [0, 0.1) is 17.8 Å². The fourth-order valence-corrected chi connectivity index (χ4v) is 4.69. The van der Waals surface area contributed by atoms with Crippen LogP contribution >= 0.6 is 0 Å². The molecule has 0 spiro atoms. The van der Waals surface area contributed by atoms with E-state index in [0.29, 0.717) is 25.0 Å². The van der Waals surface area contributed by atoms with Crippen LogP contribution in [-0.2, 0) is 4.79 Å². The molecule has 4 unspecified atom stereocenters. The molecule has 0 radical (unpaired) electrons. The van der Waals surface area contributed by atoms with Crippen LogP contribution in [0.1, 0.15) is 45.4 Å². The predicted molar refractivity (Wildman–Crippen MR) is 78.2 cm³/mol. The van der Waals surface area contributed by atoms with E-state index in [2.05, 4.69) is 17.1 Å². The minimum absolute atomic E-state index is 0.134. The first-order valence-electron chi connectivity index (χ1n) is 8.31. The molecule has 0 aromatic rings. The topological polar surface area (TPSA) is 52.6 Å². The fraction of sp³-hybridized carbons (Fsp3) is 0.938. The van der Waals surface area contributed by atoms with Gasteiger partial charge in [0.1, 0.15) is 0 Å². The van der Waals surface area contributed by atoms with Gasteiger partial charge in [0.2, 0.25) is 5.91 Å². The molecule has 5 atom stereocenters. The van der Waals surface area contributed by atoms with Crippen LogP contribution in [0.5, 0.6) is 0 Å². The summed E-state index contributed by atoms with van der Waals surface area (Å²) in [6.07, 6.45) is 7.11. The van der Waals surface area contributed by atoms with Crippen molar-refractivity contribution in [3.05, 3.63) is 0 Å². The number of amides is 1. The first-order valence-corrected chi connectivity index (χ1v) is 8.31. The molecule has 2 saturated carbocycles. The Balaban J connectivity index is 1.44. The molecule has 0 aromatic heterocycles. The molecule has 20 heavy (non-hydrogen) atoms. The number of hydrogen-bond donors (Lipinski definition) is 2. The van der Waals surface area contributed by atoms with Gasteiger partial charge in [-0.2, -0.15) is 0 Å². The molecule has 4 heteroatoms. The molecule has 4 nitrogen and oxygen atoms in total. The Morgan fingerprint density at radius 3 is 2.85 bits per heavy atom. The van der Waals surface area contributed by atoms with Gasteiger partial charge in [-0.15, -0.1) is 0 Å².